The molecule has 0 aliphatic carbocycles. The highest BCUT2D eigenvalue weighted by Gasteiger charge is 2.30. The first-order valence-electron chi connectivity index (χ1n) is 10.4. The van der Waals surface area contributed by atoms with Gasteiger partial charge in [-0.05, 0) is 49.6 Å². The number of halogens is 4. The number of H-pyrrole nitrogens is 1. The molecule has 0 saturated heterocycles. The van der Waals surface area contributed by atoms with E-state index in [-0.39, 0.29) is 17.3 Å². The third kappa shape index (κ3) is 7.30. The number of nitrogens with one attached hydrogen (secondary N) is 1. The van der Waals surface area contributed by atoms with Crippen LogP contribution in [0.25, 0.3) is 11.3 Å². The van der Waals surface area contributed by atoms with Crippen LogP contribution in [0.15, 0.2) is 48.7 Å². The number of aromatic nitrogens is 3. The van der Waals surface area contributed by atoms with Crippen LogP contribution in [0.3, 0.4) is 0 Å². The van der Waals surface area contributed by atoms with Crippen LogP contribution >= 0.6 is 0 Å². The average Bonchev–Trinajstić information content (AvgIpc) is 3.25. The lowest BCUT2D eigenvalue weighted by molar-refractivity contribution is -0.154. The second kappa shape index (κ2) is 10.9. The van der Waals surface area contributed by atoms with Crippen LogP contribution in [-0.2, 0) is 6.42 Å². The van der Waals surface area contributed by atoms with Crippen molar-refractivity contribution in [3.63, 3.8) is 0 Å². The highest BCUT2D eigenvalue weighted by atomic mass is 19.4. The van der Waals surface area contributed by atoms with Gasteiger partial charge in [0.25, 0.3) is 5.91 Å². The summed E-state index contributed by atoms with van der Waals surface area (Å²) in [5, 5.41) is 7.17. The van der Waals surface area contributed by atoms with Crippen molar-refractivity contribution in [2.24, 2.45) is 0 Å². The average molecular weight is 464 g/mol. The van der Waals surface area contributed by atoms with Crippen molar-refractivity contribution in [2.75, 3.05) is 20.2 Å². The Morgan fingerprint density at radius 1 is 1.12 bits per heavy atom. The maximum Gasteiger partial charge on any atom is 0.422 e. The number of aryl methyl sites for hydroxylation is 1. The zero-order valence-electron chi connectivity index (χ0n) is 18.0. The summed E-state index contributed by atoms with van der Waals surface area (Å²) in [6.07, 6.45) is -0.103. The van der Waals surface area contributed by atoms with Crippen molar-refractivity contribution in [3.8, 4) is 17.1 Å². The Bertz CT molecular complexity index is 1070. The molecule has 3 aromatic rings. The highest BCUT2D eigenvalue weighted by Crippen LogP contribution is 2.22. The molecule has 0 aliphatic heterocycles. The number of pyridine rings is 1. The smallest absolute Gasteiger partial charge is 0.422 e. The molecule has 0 aliphatic rings. The number of carbonyl (C=O) groups is 1. The van der Waals surface area contributed by atoms with Crippen LogP contribution < -0.4 is 4.74 Å². The second-order valence-corrected chi connectivity index (χ2v) is 7.59. The molecule has 10 heteroatoms. The van der Waals surface area contributed by atoms with Gasteiger partial charge in [0.15, 0.2) is 6.61 Å². The molecule has 0 saturated carbocycles. The standard InChI is InChI=1S/C23H24F4N4O2/c1-31(22(32)19-10-6-11-28-21(19)33-15-23(25,26)27)12-4-2-3-9-18-14-20(30-29-18)16-7-5-8-17(24)13-16/h5-8,10-11,13-14H,2-4,9,12,15H2,1H3,(H,29,30). The van der Waals surface area contributed by atoms with E-state index in [4.69, 9.17) is 4.74 Å². The van der Waals surface area contributed by atoms with Gasteiger partial charge in [0.1, 0.15) is 11.4 Å². The molecular weight excluding hydrogens is 440 g/mol. The first-order chi connectivity index (χ1) is 15.7. The summed E-state index contributed by atoms with van der Waals surface area (Å²) >= 11 is 0. The van der Waals surface area contributed by atoms with E-state index in [0.717, 1.165) is 25.0 Å². The number of amides is 1. The summed E-state index contributed by atoms with van der Waals surface area (Å²) in [5.41, 5.74) is 2.30. The molecule has 6 nitrogen and oxygen atoms in total. The minimum atomic E-state index is -4.52. The lowest BCUT2D eigenvalue weighted by atomic mass is 10.1. The molecule has 2 aromatic heterocycles. The summed E-state index contributed by atoms with van der Waals surface area (Å²) < 4.78 is 55.3. The van der Waals surface area contributed by atoms with E-state index in [0.29, 0.717) is 24.2 Å². The zero-order chi connectivity index (χ0) is 23.8. The van der Waals surface area contributed by atoms with Gasteiger partial charge in [0, 0.05) is 31.0 Å². The fourth-order valence-electron chi connectivity index (χ4n) is 3.25. The Morgan fingerprint density at radius 2 is 1.94 bits per heavy atom. The number of unbranched alkanes of at least 4 members (excludes halogenated alkanes) is 2. The van der Waals surface area contributed by atoms with Crippen LogP contribution in [0, 0.1) is 5.82 Å². The van der Waals surface area contributed by atoms with Gasteiger partial charge in [-0.25, -0.2) is 9.37 Å². The molecule has 1 N–H and O–H groups in total. The summed E-state index contributed by atoms with van der Waals surface area (Å²) in [4.78, 5) is 17.8. The largest absolute Gasteiger partial charge is 0.467 e. The second-order valence-electron chi connectivity index (χ2n) is 7.59. The van der Waals surface area contributed by atoms with E-state index >= 15 is 0 Å². The zero-order valence-corrected chi connectivity index (χ0v) is 18.0. The quantitative estimate of drug-likeness (QED) is 0.337. The van der Waals surface area contributed by atoms with Crippen molar-refractivity contribution < 1.29 is 27.1 Å². The molecule has 0 radical (unpaired) electrons. The van der Waals surface area contributed by atoms with Gasteiger partial charge in [0.2, 0.25) is 5.88 Å². The molecule has 1 aromatic carbocycles. The predicted octanol–water partition coefficient (Wildman–Crippen LogP) is 5.04. The van der Waals surface area contributed by atoms with Crippen LogP contribution in [0.1, 0.15) is 35.3 Å². The van der Waals surface area contributed by atoms with E-state index in [9.17, 15) is 22.4 Å². The van der Waals surface area contributed by atoms with E-state index in [1.54, 1.807) is 19.2 Å². The molecule has 3 rings (SSSR count). The van der Waals surface area contributed by atoms with Crippen LogP contribution in [0.5, 0.6) is 5.88 Å². The maximum atomic E-state index is 13.4. The summed E-state index contributed by atoms with van der Waals surface area (Å²) in [6.45, 7) is -1.08. The number of aromatic amines is 1. The van der Waals surface area contributed by atoms with Crippen molar-refractivity contribution >= 4 is 5.91 Å². The molecule has 0 atom stereocenters. The SMILES string of the molecule is CN(CCCCCc1cc(-c2cccc(F)c2)n[nH]1)C(=O)c1cccnc1OCC(F)(F)F. The van der Waals surface area contributed by atoms with Gasteiger partial charge in [0.05, 0.1) is 5.69 Å². The first kappa shape index (κ1) is 24.2. The molecule has 0 bridgehead atoms. The van der Waals surface area contributed by atoms with E-state index in [1.807, 2.05) is 6.07 Å². The van der Waals surface area contributed by atoms with Gasteiger partial charge < -0.3 is 9.64 Å². The van der Waals surface area contributed by atoms with Crippen LogP contribution in [0.2, 0.25) is 0 Å². The maximum absolute atomic E-state index is 13.4. The molecule has 0 unspecified atom stereocenters. The van der Waals surface area contributed by atoms with Crippen molar-refractivity contribution in [1.29, 1.82) is 0 Å². The number of rotatable bonds is 10. The fourth-order valence-corrected chi connectivity index (χ4v) is 3.25. The summed E-state index contributed by atoms with van der Waals surface area (Å²) in [7, 11) is 1.59. The van der Waals surface area contributed by atoms with Crippen LogP contribution in [-0.4, -0.2) is 52.4 Å². The number of benzene rings is 1. The normalized spacial score (nSPS) is 11.4. The van der Waals surface area contributed by atoms with Crippen molar-refractivity contribution in [1.82, 2.24) is 20.1 Å². The number of ether oxygens (including phenoxy) is 1. The number of hydrogen-bond acceptors (Lipinski definition) is 4. The Balaban J connectivity index is 1.44. The van der Waals surface area contributed by atoms with Gasteiger partial charge in [-0.1, -0.05) is 18.6 Å². The summed E-state index contributed by atoms with van der Waals surface area (Å²) in [5.74, 6) is -1.10. The topological polar surface area (TPSA) is 71.1 Å². The van der Waals surface area contributed by atoms with Gasteiger partial charge in [-0.15, -0.1) is 0 Å². The Kier molecular flexibility index (Phi) is 8.02. The summed E-state index contributed by atoms with van der Waals surface area (Å²) in [6, 6.07) is 11.0. The van der Waals surface area contributed by atoms with Gasteiger partial charge in [-0.3, -0.25) is 9.89 Å². The molecule has 0 spiro atoms. The first-order valence-corrected chi connectivity index (χ1v) is 10.4. The minimum absolute atomic E-state index is 0.00779. The molecule has 33 heavy (non-hydrogen) atoms. The van der Waals surface area contributed by atoms with Crippen molar-refractivity contribution in [2.45, 2.75) is 31.9 Å². The third-order valence-corrected chi connectivity index (χ3v) is 4.91. The Hall–Kier alpha value is -3.43. The third-order valence-electron chi connectivity index (χ3n) is 4.91. The van der Waals surface area contributed by atoms with Crippen LogP contribution in [0.4, 0.5) is 17.6 Å². The van der Waals surface area contributed by atoms with Gasteiger partial charge >= 0.3 is 6.18 Å². The Morgan fingerprint density at radius 3 is 2.70 bits per heavy atom. The minimum Gasteiger partial charge on any atom is -0.467 e. The molecule has 1 amide bonds. The Labute approximate surface area is 188 Å². The molecular formula is C23H24F4N4O2. The number of hydrogen-bond donors (Lipinski definition) is 1. The predicted molar refractivity (Wildman–Crippen MR) is 114 cm³/mol. The number of carbonyl (C=O) groups excluding carboxylic acids is 1. The van der Waals surface area contributed by atoms with E-state index in [2.05, 4.69) is 15.2 Å². The lowest BCUT2D eigenvalue weighted by Crippen LogP contribution is -2.29. The van der Waals surface area contributed by atoms with E-state index in [1.165, 1.54) is 35.4 Å². The molecule has 176 valence electrons. The van der Waals surface area contributed by atoms with Crippen molar-refractivity contribution in [3.05, 3.63) is 65.7 Å². The molecule has 2 heterocycles. The molecule has 0 fully saturated rings. The number of alkyl halides is 3. The lowest BCUT2D eigenvalue weighted by Gasteiger charge is -2.19. The highest BCUT2D eigenvalue weighted by molar-refractivity contribution is 5.96. The monoisotopic (exact) mass is 464 g/mol. The fraction of sp³-hybridized carbons (Fsp3) is 0.348. The van der Waals surface area contributed by atoms with Gasteiger partial charge in [-0.2, -0.15) is 18.3 Å². The van der Waals surface area contributed by atoms with E-state index < -0.39 is 18.7 Å². The number of nitrogens with zero attached hydrogens (tertiary/aromatic N) is 3.